The van der Waals surface area contributed by atoms with Crippen molar-refractivity contribution in [3.63, 3.8) is 0 Å². The van der Waals surface area contributed by atoms with E-state index in [1.165, 1.54) is 0 Å². The molecule has 0 amide bonds. The number of hydrogen-bond acceptors (Lipinski definition) is 4. The van der Waals surface area contributed by atoms with E-state index < -0.39 is 0 Å². The summed E-state index contributed by atoms with van der Waals surface area (Å²) in [6.45, 7) is 7.47. The van der Waals surface area contributed by atoms with Crippen LogP contribution in [0.4, 0.5) is 0 Å². The zero-order valence-corrected chi connectivity index (χ0v) is 12.5. The van der Waals surface area contributed by atoms with Crippen LogP contribution in [-0.4, -0.2) is 4.98 Å². The highest BCUT2D eigenvalue weighted by Crippen LogP contribution is 2.31. The van der Waals surface area contributed by atoms with Crippen LogP contribution >= 0.6 is 0 Å². The molecule has 0 aliphatic carbocycles. The third kappa shape index (κ3) is 2.85. The molecule has 1 heterocycles. The number of hydrogen-bond donors (Lipinski definition) is 0. The zero-order valence-electron chi connectivity index (χ0n) is 12.5. The quantitative estimate of drug-likeness (QED) is 0.836. The highest BCUT2D eigenvalue weighted by Gasteiger charge is 2.14. The SMILES string of the molecule is Cc1cc(C)c(C#N)c(Oc2c(C)cc(C#N)cc2C)n1. The van der Waals surface area contributed by atoms with Crippen LogP contribution in [-0.2, 0) is 0 Å². The summed E-state index contributed by atoms with van der Waals surface area (Å²) >= 11 is 0. The smallest absolute Gasteiger partial charge is 0.237 e. The lowest BCUT2D eigenvalue weighted by Gasteiger charge is -2.13. The van der Waals surface area contributed by atoms with Crippen molar-refractivity contribution in [3.05, 3.63) is 51.7 Å². The fourth-order valence-electron chi connectivity index (χ4n) is 2.28. The summed E-state index contributed by atoms with van der Waals surface area (Å²) in [5.74, 6) is 0.953. The van der Waals surface area contributed by atoms with E-state index in [4.69, 9.17) is 10.00 Å². The van der Waals surface area contributed by atoms with Crippen LogP contribution in [0.25, 0.3) is 0 Å². The molecule has 21 heavy (non-hydrogen) atoms. The molecule has 0 bridgehead atoms. The topological polar surface area (TPSA) is 69.7 Å². The first-order valence-electron chi connectivity index (χ1n) is 6.53. The van der Waals surface area contributed by atoms with Gasteiger partial charge in [0.25, 0.3) is 0 Å². The molecule has 0 saturated carbocycles. The Morgan fingerprint density at radius 3 is 2.05 bits per heavy atom. The maximum atomic E-state index is 9.28. The Bertz CT molecular complexity index is 772. The molecule has 0 radical (unpaired) electrons. The van der Waals surface area contributed by atoms with Gasteiger partial charge in [-0.15, -0.1) is 0 Å². The summed E-state index contributed by atoms with van der Waals surface area (Å²) in [5.41, 5.74) is 4.34. The molecule has 104 valence electrons. The number of ether oxygens (including phenoxy) is 1. The second kappa shape index (κ2) is 5.64. The summed E-state index contributed by atoms with van der Waals surface area (Å²) in [7, 11) is 0. The Hall–Kier alpha value is -2.85. The van der Waals surface area contributed by atoms with Crippen LogP contribution in [0.3, 0.4) is 0 Å². The number of nitrogens with zero attached hydrogens (tertiary/aromatic N) is 3. The van der Waals surface area contributed by atoms with Crippen LogP contribution in [0.1, 0.15) is 33.5 Å². The van der Waals surface area contributed by atoms with E-state index in [2.05, 4.69) is 17.1 Å². The van der Waals surface area contributed by atoms with Gasteiger partial charge in [0.1, 0.15) is 17.4 Å². The number of nitriles is 2. The monoisotopic (exact) mass is 277 g/mol. The second-order valence-electron chi connectivity index (χ2n) is 5.03. The van der Waals surface area contributed by atoms with E-state index in [9.17, 15) is 5.26 Å². The Morgan fingerprint density at radius 2 is 1.52 bits per heavy atom. The lowest BCUT2D eigenvalue weighted by atomic mass is 10.1. The zero-order chi connectivity index (χ0) is 15.6. The minimum Gasteiger partial charge on any atom is -0.437 e. The lowest BCUT2D eigenvalue weighted by Crippen LogP contribution is -1.99. The Labute approximate surface area is 124 Å². The van der Waals surface area contributed by atoms with Gasteiger partial charge in [0.15, 0.2) is 0 Å². The molecule has 4 nitrogen and oxygen atoms in total. The van der Waals surface area contributed by atoms with Crippen molar-refractivity contribution in [2.75, 3.05) is 0 Å². The van der Waals surface area contributed by atoms with E-state index >= 15 is 0 Å². The number of pyridine rings is 1. The summed E-state index contributed by atoms with van der Waals surface area (Å²) < 4.78 is 5.88. The van der Waals surface area contributed by atoms with Crippen molar-refractivity contribution in [2.45, 2.75) is 27.7 Å². The van der Waals surface area contributed by atoms with Gasteiger partial charge in [0.05, 0.1) is 11.6 Å². The number of aromatic nitrogens is 1. The summed E-state index contributed by atoms with van der Waals surface area (Å²) in [5, 5.41) is 18.3. The average Bonchev–Trinajstić information content (AvgIpc) is 2.42. The molecule has 0 atom stereocenters. The van der Waals surface area contributed by atoms with Crippen LogP contribution < -0.4 is 4.74 Å². The van der Waals surface area contributed by atoms with Crippen molar-refractivity contribution in [1.29, 1.82) is 10.5 Å². The largest absolute Gasteiger partial charge is 0.437 e. The van der Waals surface area contributed by atoms with Crippen molar-refractivity contribution in [3.8, 4) is 23.8 Å². The Morgan fingerprint density at radius 1 is 0.905 bits per heavy atom. The first-order chi connectivity index (χ1) is 9.96. The summed E-state index contributed by atoms with van der Waals surface area (Å²) in [4.78, 5) is 4.32. The molecule has 0 aliphatic rings. The van der Waals surface area contributed by atoms with Crippen molar-refractivity contribution >= 4 is 0 Å². The lowest BCUT2D eigenvalue weighted by molar-refractivity contribution is 0.452. The van der Waals surface area contributed by atoms with Gasteiger partial charge in [-0.1, -0.05) is 0 Å². The van der Waals surface area contributed by atoms with E-state index in [-0.39, 0.29) is 0 Å². The fraction of sp³-hybridized carbons (Fsp3) is 0.235. The summed E-state index contributed by atoms with van der Waals surface area (Å²) in [6, 6.07) is 9.62. The number of benzene rings is 1. The van der Waals surface area contributed by atoms with Gasteiger partial charge in [0.2, 0.25) is 5.88 Å². The maximum Gasteiger partial charge on any atom is 0.237 e. The first kappa shape index (κ1) is 14.6. The van der Waals surface area contributed by atoms with Crippen molar-refractivity contribution in [2.24, 2.45) is 0 Å². The summed E-state index contributed by atoms with van der Waals surface area (Å²) in [6.07, 6.45) is 0. The number of aryl methyl sites for hydroxylation is 4. The molecule has 2 aromatic rings. The second-order valence-corrected chi connectivity index (χ2v) is 5.03. The third-order valence-corrected chi connectivity index (χ3v) is 3.21. The van der Waals surface area contributed by atoms with Gasteiger partial charge in [-0.25, -0.2) is 4.98 Å². The molecule has 0 saturated heterocycles. The van der Waals surface area contributed by atoms with E-state index in [0.29, 0.717) is 22.8 Å². The molecule has 1 aromatic heterocycles. The van der Waals surface area contributed by atoms with E-state index in [1.807, 2.05) is 33.8 Å². The molecule has 1 aromatic carbocycles. The van der Waals surface area contributed by atoms with Crippen LogP contribution in [0, 0.1) is 50.4 Å². The molecule has 0 spiro atoms. The maximum absolute atomic E-state index is 9.28. The highest BCUT2D eigenvalue weighted by atomic mass is 16.5. The molecule has 0 aliphatic heterocycles. The molecular weight excluding hydrogens is 262 g/mol. The minimum atomic E-state index is 0.311. The van der Waals surface area contributed by atoms with Crippen LogP contribution in [0.15, 0.2) is 18.2 Å². The molecule has 0 unspecified atom stereocenters. The van der Waals surface area contributed by atoms with Gasteiger partial charge in [-0.2, -0.15) is 10.5 Å². The van der Waals surface area contributed by atoms with Crippen molar-refractivity contribution in [1.82, 2.24) is 4.98 Å². The van der Waals surface area contributed by atoms with Gasteiger partial charge >= 0.3 is 0 Å². The van der Waals surface area contributed by atoms with E-state index in [0.717, 1.165) is 22.4 Å². The predicted molar refractivity (Wildman–Crippen MR) is 79.1 cm³/mol. The highest BCUT2D eigenvalue weighted by molar-refractivity contribution is 5.51. The van der Waals surface area contributed by atoms with Gasteiger partial charge in [-0.05, 0) is 62.6 Å². The third-order valence-electron chi connectivity index (χ3n) is 3.21. The minimum absolute atomic E-state index is 0.311. The van der Waals surface area contributed by atoms with Crippen LogP contribution in [0.2, 0.25) is 0 Å². The first-order valence-corrected chi connectivity index (χ1v) is 6.53. The van der Waals surface area contributed by atoms with Gasteiger partial charge in [-0.3, -0.25) is 0 Å². The van der Waals surface area contributed by atoms with Gasteiger partial charge < -0.3 is 4.74 Å². The molecule has 0 fully saturated rings. The fourth-order valence-corrected chi connectivity index (χ4v) is 2.28. The van der Waals surface area contributed by atoms with Gasteiger partial charge in [0, 0.05) is 5.69 Å². The number of rotatable bonds is 2. The predicted octanol–water partition coefficient (Wildman–Crippen LogP) is 3.85. The normalized spacial score (nSPS) is 9.81. The molecule has 4 heteroatoms. The van der Waals surface area contributed by atoms with Crippen LogP contribution in [0.5, 0.6) is 11.6 Å². The molecule has 2 rings (SSSR count). The molecular formula is C17H15N3O. The van der Waals surface area contributed by atoms with E-state index in [1.54, 1.807) is 12.1 Å². The Balaban J connectivity index is 2.54. The Kier molecular flexibility index (Phi) is 3.91. The molecule has 0 N–H and O–H groups in total. The average molecular weight is 277 g/mol. The standard InChI is InChI=1S/C17H15N3O/c1-10-5-13(4)20-17(15(10)9-19)21-16-11(2)6-14(8-18)7-12(16)3/h5-7H,1-4H3. The van der Waals surface area contributed by atoms with Crippen molar-refractivity contribution < 1.29 is 4.74 Å².